The minimum Gasteiger partial charge on any atom is -0.375 e. The molecule has 22 heavy (non-hydrogen) atoms. The van der Waals surface area contributed by atoms with E-state index >= 15 is 0 Å². The van der Waals surface area contributed by atoms with Gasteiger partial charge < -0.3 is 4.74 Å². The van der Waals surface area contributed by atoms with E-state index in [9.17, 15) is 8.42 Å². The third-order valence-electron chi connectivity index (χ3n) is 4.55. The van der Waals surface area contributed by atoms with E-state index < -0.39 is 10.2 Å². The van der Waals surface area contributed by atoms with Crippen LogP contribution in [0.1, 0.15) is 25.0 Å². The summed E-state index contributed by atoms with van der Waals surface area (Å²) in [5.74, 6) is 0. The van der Waals surface area contributed by atoms with E-state index in [1.165, 1.54) is 11.1 Å². The molecule has 2 atom stereocenters. The van der Waals surface area contributed by atoms with Crippen molar-refractivity contribution in [1.29, 1.82) is 0 Å². The molecule has 2 aliphatic heterocycles. The Morgan fingerprint density at radius 1 is 1.09 bits per heavy atom. The molecule has 0 unspecified atom stereocenters. The fourth-order valence-corrected chi connectivity index (χ4v) is 5.08. The summed E-state index contributed by atoms with van der Waals surface area (Å²) in [6.07, 6.45) is 1.52. The Labute approximate surface area is 133 Å². The van der Waals surface area contributed by atoms with Crippen LogP contribution in [0.5, 0.6) is 0 Å². The van der Waals surface area contributed by atoms with Crippen molar-refractivity contribution in [2.24, 2.45) is 0 Å². The molecule has 3 rings (SSSR count). The summed E-state index contributed by atoms with van der Waals surface area (Å²) in [4.78, 5) is 0. The second-order valence-electron chi connectivity index (χ2n) is 6.24. The molecule has 0 radical (unpaired) electrons. The predicted molar refractivity (Wildman–Crippen MR) is 85.9 cm³/mol. The molecule has 2 aliphatic rings. The summed E-state index contributed by atoms with van der Waals surface area (Å²) < 4.78 is 34.8. The van der Waals surface area contributed by atoms with Gasteiger partial charge in [-0.05, 0) is 37.8 Å². The Bertz CT molecular complexity index is 605. The van der Waals surface area contributed by atoms with Gasteiger partial charge in [0.25, 0.3) is 10.2 Å². The van der Waals surface area contributed by atoms with E-state index in [0.717, 1.165) is 12.8 Å². The zero-order valence-corrected chi connectivity index (χ0v) is 14.1. The van der Waals surface area contributed by atoms with Gasteiger partial charge in [0.2, 0.25) is 0 Å². The smallest absolute Gasteiger partial charge is 0.282 e. The van der Waals surface area contributed by atoms with Gasteiger partial charge in [0, 0.05) is 25.7 Å². The van der Waals surface area contributed by atoms with Gasteiger partial charge in [0.1, 0.15) is 0 Å². The van der Waals surface area contributed by atoms with E-state index in [-0.39, 0.29) is 12.1 Å². The van der Waals surface area contributed by atoms with Crippen LogP contribution >= 0.6 is 0 Å². The Hall–Kier alpha value is -0.950. The van der Waals surface area contributed by atoms with Gasteiger partial charge in [-0.15, -0.1) is 0 Å². The third kappa shape index (κ3) is 3.06. The number of morpholine rings is 1. The van der Waals surface area contributed by atoms with Gasteiger partial charge in [-0.3, -0.25) is 0 Å². The summed E-state index contributed by atoms with van der Waals surface area (Å²) >= 11 is 0. The molecule has 6 heteroatoms. The van der Waals surface area contributed by atoms with Crippen LogP contribution in [0.15, 0.2) is 24.3 Å². The molecule has 1 fully saturated rings. The summed E-state index contributed by atoms with van der Waals surface area (Å²) in [5.41, 5.74) is 2.53. The van der Waals surface area contributed by atoms with Crippen LogP contribution in [0.3, 0.4) is 0 Å². The molecule has 1 aromatic rings. The van der Waals surface area contributed by atoms with Crippen LogP contribution in [0.25, 0.3) is 0 Å². The first-order valence-electron chi connectivity index (χ1n) is 7.94. The van der Waals surface area contributed by atoms with Crippen molar-refractivity contribution in [1.82, 2.24) is 8.61 Å². The van der Waals surface area contributed by atoms with Gasteiger partial charge in [-0.1, -0.05) is 24.3 Å². The van der Waals surface area contributed by atoms with Crippen LogP contribution in [0.4, 0.5) is 0 Å². The lowest BCUT2D eigenvalue weighted by atomic mass is 10.0. The maximum absolute atomic E-state index is 13.0. The van der Waals surface area contributed by atoms with Gasteiger partial charge in [-0.2, -0.15) is 17.0 Å². The Balaban J connectivity index is 1.79. The highest BCUT2D eigenvalue weighted by Crippen LogP contribution is 2.22. The Morgan fingerprint density at radius 2 is 1.68 bits per heavy atom. The summed E-state index contributed by atoms with van der Waals surface area (Å²) in [7, 11) is -3.42. The van der Waals surface area contributed by atoms with Crippen molar-refractivity contribution in [3.8, 4) is 0 Å². The van der Waals surface area contributed by atoms with Crippen LogP contribution in [0.2, 0.25) is 0 Å². The van der Waals surface area contributed by atoms with E-state index in [1.807, 2.05) is 26.0 Å². The molecule has 0 N–H and O–H groups in total. The number of hydrogen-bond donors (Lipinski definition) is 0. The fourth-order valence-electron chi connectivity index (χ4n) is 3.22. The number of hydrogen-bond acceptors (Lipinski definition) is 3. The van der Waals surface area contributed by atoms with E-state index in [4.69, 9.17) is 4.74 Å². The summed E-state index contributed by atoms with van der Waals surface area (Å²) in [6.45, 7) is 5.85. The minimum atomic E-state index is -3.42. The van der Waals surface area contributed by atoms with Gasteiger partial charge in [-0.25, -0.2) is 0 Å². The highest BCUT2D eigenvalue weighted by atomic mass is 32.2. The van der Waals surface area contributed by atoms with Crippen LogP contribution in [0, 0.1) is 0 Å². The maximum Gasteiger partial charge on any atom is 0.282 e. The molecule has 5 nitrogen and oxygen atoms in total. The van der Waals surface area contributed by atoms with E-state index in [1.54, 1.807) is 8.61 Å². The second-order valence-corrected chi connectivity index (χ2v) is 8.12. The number of fused-ring (bicyclic) bond motifs is 1. The predicted octanol–water partition coefficient (Wildman–Crippen LogP) is 1.44. The third-order valence-corrected chi connectivity index (χ3v) is 6.67. The number of ether oxygens (including phenoxy) is 1. The second kappa shape index (κ2) is 6.28. The normalized spacial score (nSPS) is 28.1. The zero-order valence-electron chi connectivity index (χ0n) is 13.2. The zero-order chi connectivity index (χ0) is 15.7. The number of benzene rings is 1. The number of rotatable bonds is 2. The van der Waals surface area contributed by atoms with Crippen LogP contribution < -0.4 is 0 Å². The lowest BCUT2D eigenvalue weighted by molar-refractivity contribution is -0.0190. The molecule has 1 aromatic carbocycles. The molecule has 0 aliphatic carbocycles. The first-order valence-corrected chi connectivity index (χ1v) is 9.33. The topological polar surface area (TPSA) is 49.9 Å². The van der Waals surface area contributed by atoms with Crippen molar-refractivity contribution in [3.63, 3.8) is 0 Å². The highest BCUT2D eigenvalue weighted by molar-refractivity contribution is 7.86. The monoisotopic (exact) mass is 324 g/mol. The standard InChI is InChI=1S/C16H24N2O3S/c1-13-12-21-14(2)11-18(13)22(19,20)17-9-7-15-5-3-4-6-16(15)8-10-17/h3-6,13-14H,7-12H2,1-2H3/t13-,14-/m1/s1. The van der Waals surface area contributed by atoms with E-state index in [2.05, 4.69) is 12.1 Å². The Kier molecular flexibility index (Phi) is 4.54. The number of nitrogens with zero attached hydrogens (tertiary/aromatic N) is 2. The minimum absolute atomic E-state index is 0.0462. The van der Waals surface area contributed by atoms with Crippen molar-refractivity contribution < 1.29 is 13.2 Å². The molecular weight excluding hydrogens is 300 g/mol. The van der Waals surface area contributed by atoms with Crippen molar-refractivity contribution in [2.45, 2.75) is 38.8 Å². The lowest BCUT2D eigenvalue weighted by Crippen LogP contribution is -2.55. The molecule has 0 saturated carbocycles. The first-order chi connectivity index (χ1) is 10.5. The molecule has 0 bridgehead atoms. The summed E-state index contributed by atoms with van der Waals surface area (Å²) in [5, 5.41) is 0. The van der Waals surface area contributed by atoms with Crippen molar-refractivity contribution in [3.05, 3.63) is 35.4 Å². The molecule has 2 heterocycles. The molecule has 0 amide bonds. The molecule has 0 spiro atoms. The first kappa shape index (κ1) is 15.9. The van der Waals surface area contributed by atoms with Gasteiger partial charge in [0.05, 0.1) is 12.7 Å². The van der Waals surface area contributed by atoms with Crippen LogP contribution in [-0.4, -0.2) is 55.4 Å². The Morgan fingerprint density at radius 3 is 2.27 bits per heavy atom. The average molecular weight is 324 g/mol. The highest BCUT2D eigenvalue weighted by Gasteiger charge is 2.37. The van der Waals surface area contributed by atoms with Crippen LogP contribution in [-0.2, 0) is 27.8 Å². The van der Waals surface area contributed by atoms with Crippen molar-refractivity contribution in [2.75, 3.05) is 26.2 Å². The SMILES string of the molecule is C[C@@H]1CN(S(=O)(=O)N2CCc3ccccc3CC2)[C@H](C)CO1. The summed E-state index contributed by atoms with van der Waals surface area (Å²) in [6, 6.07) is 8.14. The maximum atomic E-state index is 13.0. The quantitative estimate of drug-likeness (QED) is 0.827. The molecular formula is C16H24N2O3S. The molecule has 0 aromatic heterocycles. The lowest BCUT2D eigenvalue weighted by Gasteiger charge is -2.38. The molecule has 1 saturated heterocycles. The van der Waals surface area contributed by atoms with Gasteiger partial charge >= 0.3 is 0 Å². The van der Waals surface area contributed by atoms with Crippen molar-refractivity contribution >= 4 is 10.2 Å². The fraction of sp³-hybridized carbons (Fsp3) is 0.625. The largest absolute Gasteiger partial charge is 0.375 e. The van der Waals surface area contributed by atoms with Gasteiger partial charge in [0.15, 0.2) is 0 Å². The average Bonchev–Trinajstić information content (AvgIpc) is 2.72. The molecule has 122 valence electrons. The van der Waals surface area contributed by atoms with E-state index in [0.29, 0.717) is 26.2 Å².